The number of nitrogens with one attached hydrogen (secondary N) is 1. The third-order valence-electron chi connectivity index (χ3n) is 4.53. The van der Waals surface area contributed by atoms with Gasteiger partial charge in [0.15, 0.2) is 0 Å². The fourth-order valence-corrected chi connectivity index (χ4v) is 4.26. The molecular weight excluding hydrogens is 290 g/mol. The molecule has 1 aliphatic carbocycles. The summed E-state index contributed by atoms with van der Waals surface area (Å²) >= 11 is 1.59. The van der Waals surface area contributed by atoms with Gasteiger partial charge in [0.25, 0.3) is 0 Å². The van der Waals surface area contributed by atoms with Crippen molar-refractivity contribution in [1.29, 1.82) is 0 Å². The summed E-state index contributed by atoms with van der Waals surface area (Å²) < 4.78 is 10.2. The number of rotatable bonds is 4. The van der Waals surface area contributed by atoms with E-state index < -0.39 is 6.04 Å². The van der Waals surface area contributed by atoms with E-state index in [9.17, 15) is 9.59 Å². The molecule has 21 heavy (non-hydrogen) atoms. The maximum atomic E-state index is 12.5. The molecule has 2 aliphatic rings. The number of thiophene rings is 1. The summed E-state index contributed by atoms with van der Waals surface area (Å²) in [6.45, 7) is 2.16. The number of carbonyl (C=O) groups excluding carboxylic acids is 2. The second kappa shape index (κ2) is 5.42. The smallest absolute Gasteiger partial charge is 0.323 e. The van der Waals surface area contributed by atoms with E-state index in [1.165, 1.54) is 7.11 Å². The summed E-state index contributed by atoms with van der Waals surface area (Å²) in [6.07, 6.45) is 1.70. The van der Waals surface area contributed by atoms with Gasteiger partial charge in [0.1, 0.15) is 6.04 Å². The molecular formula is C15H19NO4S. The number of carbonyl (C=O) groups is 2. The highest BCUT2D eigenvalue weighted by atomic mass is 32.1. The first kappa shape index (κ1) is 14.5. The van der Waals surface area contributed by atoms with Crippen LogP contribution in [-0.2, 0) is 19.1 Å². The van der Waals surface area contributed by atoms with Crippen molar-refractivity contribution in [1.82, 2.24) is 5.32 Å². The molecule has 0 amide bonds. The van der Waals surface area contributed by atoms with Crippen molar-refractivity contribution < 1.29 is 19.1 Å². The average molecular weight is 309 g/mol. The van der Waals surface area contributed by atoms with Crippen molar-refractivity contribution in [2.24, 2.45) is 11.3 Å². The first-order valence-electron chi connectivity index (χ1n) is 7.18. The van der Waals surface area contributed by atoms with Crippen molar-refractivity contribution in [3.63, 3.8) is 0 Å². The predicted molar refractivity (Wildman–Crippen MR) is 77.8 cm³/mol. The van der Waals surface area contributed by atoms with Crippen molar-refractivity contribution in [3.05, 3.63) is 22.4 Å². The molecule has 1 aliphatic heterocycles. The minimum absolute atomic E-state index is 0.171. The van der Waals surface area contributed by atoms with Gasteiger partial charge in [-0.3, -0.25) is 14.9 Å². The summed E-state index contributed by atoms with van der Waals surface area (Å²) in [5.41, 5.74) is -0.339. The van der Waals surface area contributed by atoms with Gasteiger partial charge in [-0.15, -0.1) is 11.3 Å². The van der Waals surface area contributed by atoms with Gasteiger partial charge in [-0.05, 0) is 31.2 Å². The van der Waals surface area contributed by atoms with E-state index in [0.717, 1.165) is 17.7 Å². The van der Waals surface area contributed by atoms with Crippen LogP contribution in [0.5, 0.6) is 0 Å². The topological polar surface area (TPSA) is 64.6 Å². The van der Waals surface area contributed by atoms with Crippen LogP contribution >= 0.6 is 11.3 Å². The number of hydrogen-bond acceptors (Lipinski definition) is 6. The Morgan fingerprint density at radius 2 is 2.19 bits per heavy atom. The third-order valence-corrected chi connectivity index (χ3v) is 5.48. The highest BCUT2D eigenvalue weighted by molar-refractivity contribution is 7.10. The van der Waals surface area contributed by atoms with E-state index in [0.29, 0.717) is 6.61 Å². The van der Waals surface area contributed by atoms with Gasteiger partial charge in [-0.1, -0.05) is 6.07 Å². The minimum Gasteiger partial charge on any atom is -0.468 e. The molecule has 2 fully saturated rings. The molecule has 1 aromatic rings. The molecule has 6 heteroatoms. The summed E-state index contributed by atoms with van der Waals surface area (Å²) in [4.78, 5) is 25.6. The first-order valence-corrected chi connectivity index (χ1v) is 8.06. The fourth-order valence-electron chi connectivity index (χ4n) is 3.44. The van der Waals surface area contributed by atoms with E-state index in [4.69, 9.17) is 9.47 Å². The van der Waals surface area contributed by atoms with Crippen LogP contribution in [0.3, 0.4) is 0 Å². The molecule has 114 valence electrons. The Kier molecular flexibility index (Phi) is 3.75. The molecule has 0 unspecified atom stereocenters. The second-order valence-electron chi connectivity index (χ2n) is 5.58. The molecule has 0 aromatic carbocycles. The SMILES string of the molecule is CCOC(=O)[C@H]1[C@@H](c2cccs2)N[C@@H](C(=O)OC)C12CC2. The quantitative estimate of drug-likeness (QED) is 0.861. The Balaban J connectivity index is 1.95. The number of hydrogen-bond donors (Lipinski definition) is 1. The molecule has 1 N–H and O–H groups in total. The second-order valence-corrected chi connectivity index (χ2v) is 6.56. The zero-order valence-electron chi connectivity index (χ0n) is 12.1. The number of methoxy groups -OCH3 is 1. The van der Waals surface area contributed by atoms with E-state index >= 15 is 0 Å². The molecule has 0 radical (unpaired) electrons. The summed E-state index contributed by atoms with van der Waals surface area (Å²) in [5.74, 6) is -0.826. The summed E-state index contributed by atoms with van der Waals surface area (Å²) in [5, 5.41) is 5.30. The lowest BCUT2D eigenvalue weighted by atomic mass is 9.83. The van der Waals surface area contributed by atoms with Gasteiger partial charge in [-0.2, -0.15) is 0 Å². The van der Waals surface area contributed by atoms with E-state index in [1.807, 2.05) is 17.5 Å². The van der Waals surface area contributed by atoms with Crippen LogP contribution in [0.15, 0.2) is 17.5 Å². The average Bonchev–Trinajstić information content (AvgIpc) is 2.94. The van der Waals surface area contributed by atoms with Crippen molar-refractivity contribution in [2.75, 3.05) is 13.7 Å². The molecule has 5 nitrogen and oxygen atoms in total. The van der Waals surface area contributed by atoms with Gasteiger partial charge in [0, 0.05) is 10.3 Å². The maximum absolute atomic E-state index is 12.5. The Morgan fingerprint density at radius 1 is 1.43 bits per heavy atom. The van der Waals surface area contributed by atoms with Crippen LogP contribution in [0, 0.1) is 11.3 Å². The minimum atomic E-state index is -0.427. The number of esters is 2. The summed E-state index contributed by atoms with van der Waals surface area (Å²) in [7, 11) is 1.39. The van der Waals surface area contributed by atoms with Gasteiger partial charge in [0.2, 0.25) is 0 Å². The van der Waals surface area contributed by atoms with E-state index in [1.54, 1.807) is 18.3 Å². The van der Waals surface area contributed by atoms with Crippen LogP contribution in [-0.4, -0.2) is 31.7 Å². The largest absolute Gasteiger partial charge is 0.468 e. The Bertz CT molecular complexity index is 538. The van der Waals surface area contributed by atoms with Crippen LogP contribution in [0.4, 0.5) is 0 Å². The molecule has 1 aromatic heterocycles. The van der Waals surface area contributed by atoms with Crippen LogP contribution in [0.25, 0.3) is 0 Å². The lowest BCUT2D eigenvalue weighted by molar-refractivity contribution is -0.151. The molecule has 3 atom stereocenters. The molecule has 0 bridgehead atoms. The highest BCUT2D eigenvalue weighted by Crippen LogP contribution is 2.63. The van der Waals surface area contributed by atoms with Gasteiger partial charge in [-0.25, -0.2) is 0 Å². The molecule has 1 saturated carbocycles. The van der Waals surface area contributed by atoms with Gasteiger partial charge < -0.3 is 9.47 Å². The maximum Gasteiger partial charge on any atom is 0.323 e. The highest BCUT2D eigenvalue weighted by Gasteiger charge is 2.67. The zero-order chi connectivity index (χ0) is 15.0. The summed E-state index contributed by atoms with van der Waals surface area (Å²) in [6, 6.07) is 3.35. The molecule has 2 heterocycles. The lowest BCUT2D eigenvalue weighted by Crippen LogP contribution is -2.39. The number of ether oxygens (including phenoxy) is 2. The van der Waals surface area contributed by atoms with Crippen molar-refractivity contribution >= 4 is 23.3 Å². The predicted octanol–water partition coefficient (Wildman–Crippen LogP) is 1.89. The fraction of sp³-hybridized carbons (Fsp3) is 0.600. The van der Waals surface area contributed by atoms with Crippen molar-refractivity contribution in [3.8, 4) is 0 Å². The van der Waals surface area contributed by atoms with Crippen LogP contribution in [0.1, 0.15) is 30.7 Å². The lowest BCUT2D eigenvalue weighted by Gasteiger charge is -2.22. The normalized spacial score (nSPS) is 29.3. The Morgan fingerprint density at radius 3 is 2.71 bits per heavy atom. The van der Waals surface area contributed by atoms with Gasteiger partial charge >= 0.3 is 11.9 Å². The zero-order valence-corrected chi connectivity index (χ0v) is 12.9. The third kappa shape index (κ3) is 2.26. The van der Waals surface area contributed by atoms with E-state index in [2.05, 4.69) is 5.32 Å². The Labute approximate surface area is 127 Å². The van der Waals surface area contributed by atoms with E-state index in [-0.39, 0.29) is 29.3 Å². The Hall–Kier alpha value is -1.40. The molecule has 1 spiro atoms. The van der Waals surface area contributed by atoms with Crippen LogP contribution < -0.4 is 5.32 Å². The van der Waals surface area contributed by atoms with Crippen LogP contribution in [0.2, 0.25) is 0 Å². The van der Waals surface area contributed by atoms with Crippen molar-refractivity contribution in [2.45, 2.75) is 31.8 Å². The molecule has 1 saturated heterocycles. The van der Waals surface area contributed by atoms with Gasteiger partial charge in [0.05, 0.1) is 25.7 Å². The molecule has 3 rings (SSSR count). The monoisotopic (exact) mass is 309 g/mol. The standard InChI is InChI=1S/C15H19NO4S/c1-3-20-13(17)10-11(9-5-4-8-21-9)16-12(14(18)19-2)15(10)6-7-15/h4-5,8,10-12,16H,3,6-7H2,1-2H3/t10-,11-,12+/m1/s1. The first-order chi connectivity index (χ1) is 10.1.